The van der Waals surface area contributed by atoms with Crippen LogP contribution in [0.15, 0.2) is 0 Å². The summed E-state index contributed by atoms with van der Waals surface area (Å²) < 4.78 is 5.35. The van der Waals surface area contributed by atoms with Gasteiger partial charge in [0.15, 0.2) is 5.78 Å². The number of Topliss-reactive ketones (excluding diaryl/α,β-unsaturated/α-hetero) is 1. The van der Waals surface area contributed by atoms with Crippen molar-refractivity contribution < 1.29 is 9.53 Å². The van der Waals surface area contributed by atoms with E-state index in [0.717, 1.165) is 31.9 Å². The van der Waals surface area contributed by atoms with Crippen LogP contribution in [0.4, 0.5) is 0 Å². The third kappa shape index (κ3) is 2.83. The Hall–Kier alpha value is -0.410. The van der Waals surface area contributed by atoms with Gasteiger partial charge in [-0.2, -0.15) is 0 Å². The standard InChI is InChI=1S/C13H23NO2/c1-2-10-3-5-11(6-4-10)13(15)12-9-16-8-7-14-12/h10-12,14H,2-9H2,1H3. The zero-order valence-corrected chi connectivity index (χ0v) is 10.2. The van der Waals surface area contributed by atoms with Crippen molar-refractivity contribution in [2.45, 2.75) is 45.1 Å². The lowest BCUT2D eigenvalue weighted by atomic mass is 9.77. The predicted octanol–water partition coefficient (Wildman–Crippen LogP) is 1.76. The van der Waals surface area contributed by atoms with Gasteiger partial charge >= 0.3 is 0 Å². The molecule has 0 aromatic rings. The molecule has 2 fully saturated rings. The van der Waals surface area contributed by atoms with Crippen molar-refractivity contribution in [3.63, 3.8) is 0 Å². The summed E-state index contributed by atoms with van der Waals surface area (Å²) in [4.78, 5) is 12.2. The van der Waals surface area contributed by atoms with Crippen LogP contribution in [0, 0.1) is 11.8 Å². The number of carbonyl (C=O) groups excluding carboxylic acids is 1. The van der Waals surface area contributed by atoms with Crippen LogP contribution in [0.3, 0.4) is 0 Å². The van der Waals surface area contributed by atoms with E-state index in [9.17, 15) is 4.79 Å². The first-order valence-electron chi connectivity index (χ1n) is 6.66. The number of rotatable bonds is 3. The Kier molecular flexibility index (Phi) is 4.36. The molecule has 0 radical (unpaired) electrons. The van der Waals surface area contributed by atoms with Gasteiger partial charge in [-0.15, -0.1) is 0 Å². The lowest BCUT2D eigenvalue weighted by molar-refractivity contribution is -0.129. The van der Waals surface area contributed by atoms with Crippen LogP contribution in [0.1, 0.15) is 39.0 Å². The second kappa shape index (κ2) is 5.78. The Labute approximate surface area is 97.9 Å². The molecule has 2 aliphatic rings. The smallest absolute Gasteiger partial charge is 0.155 e. The molecule has 92 valence electrons. The minimum atomic E-state index is -0.0306. The highest BCUT2D eigenvalue weighted by molar-refractivity contribution is 5.86. The van der Waals surface area contributed by atoms with Crippen LogP contribution in [0.2, 0.25) is 0 Å². The van der Waals surface area contributed by atoms with Crippen molar-refractivity contribution in [2.24, 2.45) is 11.8 Å². The van der Waals surface area contributed by atoms with Crippen LogP contribution in [0.5, 0.6) is 0 Å². The van der Waals surface area contributed by atoms with Gasteiger partial charge in [0, 0.05) is 12.5 Å². The first-order valence-corrected chi connectivity index (χ1v) is 6.66. The van der Waals surface area contributed by atoms with Gasteiger partial charge in [-0.3, -0.25) is 4.79 Å². The fourth-order valence-electron chi connectivity index (χ4n) is 2.89. The molecule has 0 aromatic heterocycles. The average Bonchev–Trinajstić information content (AvgIpc) is 2.39. The fraction of sp³-hybridized carbons (Fsp3) is 0.923. The second-order valence-electron chi connectivity index (χ2n) is 5.11. The first-order chi connectivity index (χ1) is 7.81. The van der Waals surface area contributed by atoms with Gasteiger partial charge < -0.3 is 10.1 Å². The molecule has 1 aliphatic carbocycles. The number of ether oxygens (including phenoxy) is 1. The number of ketones is 1. The largest absolute Gasteiger partial charge is 0.378 e. The van der Waals surface area contributed by atoms with Crippen molar-refractivity contribution in [2.75, 3.05) is 19.8 Å². The topological polar surface area (TPSA) is 38.3 Å². The van der Waals surface area contributed by atoms with Crippen LogP contribution >= 0.6 is 0 Å². The quantitative estimate of drug-likeness (QED) is 0.795. The van der Waals surface area contributed by atoms with Crippen LogP contribution in [0.25, 0.3) is 0 Å². The van der Waals surface area contributed by atoms with Gasteiger partial charge in [-0.25, -0.2) is 0 Å². The molecule has 3 heteroatoms. The number of hydrogen-bond donors (Lipinski definition) is 1. The summed E-state index contributed by atoms with van der Waals surface area (Å²) in [7, 11) is 0. The van der Waals surface area contributed by atoms with Crippen molar-refractivity contribution >= 4 is 5.78 Å². The summed E-state index contributed by atoms with van der Waals surface area (Å²) in [6.45, 7) is 4.39. The third-order valence-electron chi connectivity index (χ3n) is 4.09. The average molecular weight is 225 g/mol. The van der Waals surface area contributed by atoms with E-state index in [4.69, 9.17) is 4.74 Å². The van der Waals surface area contributed by atoms with Crippen molar-refractivity contribution in [3.05, 3.63) is 0 Å². The molecule has 1 saturated carbocycles. The molecule has 1 aliphatic heterocycles. The van der Waals surface area contributed by atoms with Gasteiger partial charge in [0.05, 0.1) is 19.3 Å². The highest BCUT2D eigenvalue weighted by Crippen LogP contribution is 2.31. The maximum absolute atomic E-state index is 12.2. The molecule has 1 heterocycles. The summed E-state index contributed by atoms with van der Waals surface area (Å²) in [5, 5.41) is 3.27. The summed E-state index contributed by atoms with van der Waals surface area (Å²) >= 11 is 0. The predicted molar refractivity (Wildman–Crippen MR) is 63.4 cm³/mol. The Balaban J connectivity index is 1.81. The van der Waals surface area contributed by atoms with Crippen molar-refractivity contribution in [1.29, 1.82) is 0 Å². The van der Waals surface area contributed by atoms with Crippen LogP contribution in [-0.4, -0.2) is 31.6 Å². The first kappa shape index (κ1) is 12.1. The normalized spacial score (nSPS) is 35.9. The van der Waals surface area contributed by atoms with E-state index in [1.165, 1.54) is 19.3 Å². The fourth-order valence-corrected chi connectivity index (χ4v) is 2.89. The monoisotopic (exact) mass is 225 g/mol. The summed E-state index contributed by atoms with van der Waals surface area (Å²) in [5.41, 5.74) is 0. The number of carbonyl (C=O) groups is 1. The third-order valence-corrected chi connectivity index (χ3v) is 4.09. The molecular formula is C13H23NO2. The SMILES string of the molecule is CCC1CCC(C(=O)C2COCCN2)CC1. The molecule has 16 heavy (non-hydrogen) atoms. The summed E-state index contributed by atoms with van der Waals surface area (Å²) in [6, 6.07) is -0.0306. The number of nitrogens with one attached hydrogen (secondary N) is 1. The van der Waals surface area contributed by atoms with Crippen LogP contribution in [-0.2, 0) is 9.53 Å². The van der Waals surface area contributed by atoms with E-state index in [-0.39, 0.29) is 6.04 Å². The van der Waals surface area contributed by atoms with Crippen LogP contribution < -0.4 is 5.32 Å². The van der Waals surface area contributed by atoms with Crippen molar-refractivity contribution in [1.82, 2.24) is 5.32 Å². The maximum atomic E-state index is 12.2. The van der Waals surface area contributed by atoms with Crippen molar-refractivity contribution in [3.8, 4) is 0 Å². The van der Waals surface area contributed by atoms with Gasteiger partial charge in [0.1, 0.15) is 0 Å². The van der Waals surface area contributed by atoms with Gasteiger partial charge in [-0.05, 0) is 31.6 Å². The zero-order chi connectivity index (χ0) is 11.4. The number of morpholine rings is 1. The molecular weight excluding hydrogens is 202 g/mol. The maximum Gasteiger partial charge on any atom is 0.155 e. The molecule has 2 rings (SSSR count). The van der Waals surface area contributed by atoms with E-state index >= 15 is 0 Å². The van der Waals surface area contributed by atoms with E-state index in [1.807, 2.05) is 0 Å². The number of hydrogen-bond acceptors (Lipinski definition) is 3. The lowest BCUT2D eigenvalue weighted by Gasteiger charge is -2.31. The molecule has 1 atom stereocenters. The summed E-state index contributed by atoms with van der Waals surface area (Å²) in [5.74, 6) is 1.55. The lowest BCUT2D eigenvalue weighted by Crippen LogP contribution is -2.49. The Morgan fingerprint density at radius 3 is 2.62 bits per heavy atom. The molecule has 1 unspecified atom stereocenters. The molecule has 0 spiro atoms. The van der Waals surface area contributed by atoms with E-state index in [1.54, 1.807) is 0 Å². The Morgan fingerprint density at radius 1 is 1.31 bits per heavy atom. The van der Waals surface area contributed by atoms with E-state index in [0.29, 0.717) is 18.3 Å². The molecule has 0 bridgehead atoms. The molecule has 1 saturated heterocycles. The van der Waals surface area contributed by atoms with E-state index in [2.05, 4.69) is 12.2 Å². The van der Waals surface area contributed by atoms with Gasteiger partial charge in [-0.1, -0.05) is 13.3 Å². The highest BCUT2D eigenvalue weighted by atomic mass is 16.5. The Bertz CT molecular complexity index is 228. The minimum absolute atomic E-state index is 0.0306. The highest BCUT2D eigenvalue weighted by Gasteiger charge is 2.31. The second-order valence-corrected chi connectivity index (χ2v) is 5.11. The Morgan fingerprint density at radius 2 is 2.06 bits per heavy atom. The molecule has 0 amide bonds. The molecule has 1 N–H and O–H groups in total. The molecule has 0 aromatic carbocycles. The van der Waals surface area contributed by atoms with Gasteiger partial charge in [0.25, 0.3) is 0 Å². The minimum Gasteiger partial charge on any atom is -0.378 e. The van der Waals surface area contributed by atoms with E-state index < -0.39 is 0 Å². The van der Waals surface area contributed by atoms with Gasteiger partial charge in [0.2, 0.25) is 0 Å². The molecule has 3 nitrogen and oxygen atoms in total. The summed E-state index contributed by atoms with van der Waals surface area (Å²) in [6.07, 6.45) is 5.93. The zero-order valence-electron chi connectivity index (χ0n) is 10.2.